The van der Waals surface area contributed by atoms with Crippen molar-refractivity contribution in [1.29, 1.82) is 0 Å². The van der Waals surface area contributed by atoms with Crippen molar-refractivity contribution in [2.45, 2.75) is 31.0 Å². The summed E-state index contributed by atoms with van der Waals surface area (Å²) in [5.74, 6) is 0. The van der Waals surface area contributed by atoms with Gasteiger partial charge in [-0.15, -0.1) is 0 Å². The van der Waals surface area contributed by atoms with Gasteiger partial charge in [0.25, 0.3) is 0 Å². The molecule has 0 spiro atoms. The molecule has 1 N–H and O–H groups in total. The molecular formula is C10H11ClF3NO2S. The fourth-order valence-electron chi connectivity index (χ4n) is 1.27. The van der Waals surface area contributed by atoms with Crippen molar-refractivity contribution in [3.8, 4) is 0 Å². The SMILES string of the molecule is CC(C)NS(=O)(=O)c1ccc(C(F)(F)F)c(Cl)c1. The molecule has 0 radical (unpaired) electrons. The minimum absolute atomic E-state index is 0.297. The Morgan fingerprint density at radius 3 is 2.22 bits per heavy atom. The fourth-order valence-corrected chi connectivity index (χ4v) is 2.90. The van der Waals surface area contributed by atoms with Crippen LogP contribution in [0.5, 0.6) is 0 Å². The van der Waals surface area contributed by atoms with Gasteiger partial charge in [0.05, 0.1) is 15.5 Å². The Morgan fingerprint density at radius 1 is 1.28 bits per heavy atom. The lowest BCUT2D eigenvalue weighted by atomic mass is 10.2. The van der Waals surface area contributed by atoms with E-state index >= 15 is 0 Å². The van der Waals surface area contributed by atoms with Crippen LogP contribution in [-0.4, -0.2) is 14.5 Å². The summed E-state index contributed by atoms with van der Waals surface area (Å²) in [5, 5.41) is -0.644. The van der Waals surface area contributed by atoms with Crippen molar-refractivity contribution in [3.63, 3.8) is 0 Å². The maximum absolute atomic E-state index is 12.4. The highest BCUT2D eigenvalue weighted by molar-refractivity contribution is 7.89. The number of alkyl halides is 3. The van der Waals surface area contributed by atoms with Gasteiger partial charge in [0.15, 0.2) is 0 Å². The Balaban J connectivity index is 3.21. The number of halogens is 4. The van der Waals surface area contributed by atoms with E-state index in [1.807, 2.05) is 0 Å². The standard InChI is InChI=1S/C10H11ClF3NO2S/c1-6(2)15-18(16,17)7-3-4-8(9(11)5-7)10(12,13)14/h3-6,15H,1-2H3. The van der Waals surface area contributed by atoms with E-state index in [1.54, 1.807) is 13.8 Å². The maximum Gasteiger partial charge on any atom is 0.417 e. The second-order valence-electron chi connectivity index (χ2n) is 3.92. The van der Waals surface area contributed by atoms with E-state index in [0.717, 1.165) is 12.1 Å². The smallest absolute Gasteiger partial charge is 0.209 e. The first-order valence-corrected chi connectivity index (χ1v) is 6.79. The van der Waals surface area contributed by atoms with Crippen LogP contribution < -0.4 is 4.72 Å². The lowest BCUT2D eigenvalue weighted by molar-refractivity contribution is -0.137. The summed E-state index contributed by atoms with van der Waals surface area (Å²) in [6.45, 7) is 3.20. The quantitative estimate of drug-likeness (QED) is 0.932. The van der Waals surface area contributed by atoms with E-state index in [0.29, 0.717) is 6.07 Å². The van der Waals surface area contributed by atoms with Crippen molar-refractivity contribution < 1.29 is 21.6 Å². The topological polar surface area (TPSA) is 46.2 Å². The van der Waals surface area contributed by atoms with Crippen LogP contribution in [0.3, 0.4) is 0 Å². The summed E-state index contributed by atoms with van der Waals surface area (Å²) in [6.07, 6.45) is -4.61. The first-order chi connectivity index (χ1) is 8.04. The lowest BCUT2D eigenvalue weighted by Crippen LogP contribution is -2.30. The van der Waals surface area contributed by atoms with Gasteiger partial charge in [-0.05, 0) is 32.0 Å². The molecule has 0 saturated heterocycles. The van der Waals surface area contributed by atoms with Gasteiger partial charge in [-0.2, -0.15) is 13.2 Å². The molecule has 18 heavy (non-hydrogen) atoms. The molecule has 0 bridgehead atoms. The van der Waals surface area contributed by atoms with Gasteiger partial charge in [-0.25, -0.2) is 13.1 Å². The van der Waals surface area contributed by atoms with Crippen molar-refractivity contribution in [2.75, 3.05) is 0 Å². The minimum atomic E-state index is -4.61. The average Bonchev–Trinajstić information content (AvgIpc) is 2.13. The molecule has 8 heteroatoms. The molecule has 0 aliphatic carbocycles. The third-order valence-corrected chi connectivity index (χ3v) is 3.92. The summed E-state index contributed by atoms with van der Waals surface area (Å²) in [7, 11) is -3.85. The third kappa shape index (κ3) is 3.60. The second-order valence-corrected chi connectivity index (χ2v) is 6.04. The van der Waals surface area contributed by atoms with Crippen LogP contribution in [0.2, 0.25) is 5.02 Å². The molecular weight excluding hydrogens is 291 g/mol. The summed E-state index contributed by atoms with van der Waals surface area (Å²) in [6, 6.07) is 1.95. The molecule has 3 nitrogen and oxygen atoms in total. The molecule has 1 aromatic carbocycles. The van der Waals surface area contributed by atoms with E-state index in [9.17, 15) is 21.6 Å². The van der Waals surface area contributed by atoms with E-state index in [-0.39, 0.29) is 10.9 Å². The maximum atomic E-state index is 12.4. The molecule has 1 aromatic rings. The Bertz CT molecular complexity index is 541. The van der Waals surface area contributed by atoms with Crippen molar-refractivity contribution in [3.05, 3.63) is 28.8 Å². The number of nitrogens with one attached hydrogen (secondary N) is 1. The average molecular weight is 302 g/mol. The van der Waals surface area contributed by atoms with Crippen LogP contribution in [0.1, 0.15) is 19.4 Å². The first-order valence-electron chi connectivity index (χ1n) is 4.93. The van der Waals surface area contributed by atoms with E-state index in [1.165, 1.54) is 0 Å². The highest BCUT2D eigenvalue weighted by Crippen LogP contribution is 2.35. The van der Waals surface area contributed by atoms with Gasteiger partial charge < -0.3 is 0 Å². The molecule has 0 unspecified atom stereocenters. The fraction of sp³-hybridized carbons (Fsp3) is 0.400. The zero-order valence-corrected chi connectivity index (χ0v) is 11.1. The second kappa shape index (κ2) is 5.07. The molecule has 0 fully saturated rings. The number of sulfonamides is 1. The van der Waals surface area contributed by atoms with Crippen LogP contribution >= 0.6 is 11.6 Å². The number of rotatable bonds is 3. The third-order valence-electron chi connectivity index (χ3n) is 1.95. The first kappa shape index (κ1) is 15.3. The van der Waals surface area contributed by atoms with E-state index < -0.39 is 26.8 Å². The number of hydrogen-bond acceptors (Lipinski definition) is 2. The van der Waals surface area contributed by atoms with E-state index in [4.69, 9.17) is 11.6 Å². The largest absolute Gasteiger partial charge is 0.417 e. The lowest BCUT2D eigenvalue weighted by Gasteiger charge is -2.12. The normalized spacial score (nSPS) is 13.1. The Hall–Kier alpha value is -0.790. The highest BCUT2D eigenvalue weighted by atomic mass is 35.5. The van der Waals surface area contributed by atoms with E-state index in [2.05, 4.69) is 4.72 Å². The van der Waals surface area contributed by atoms with Crippen LogP contribution in [-0.2, 0) is 16.2 Å². The predicted molar refractivity (Wildman–Crippen MR) is 61.9 cm³/mol. The minimum Gasteiger partial charge on any atom is -0.209 e. The molecule has 0 amide bonds. The molecule has 0 aliphatic heterocycles. The molecule has 0 aliphatic rings. The highest BCUT2D eigenvalue weighted by Gasteiger charge is 2.33. The van der Waals surface area contributed by atoms with Gasteiger partial charge >= 0.3 is 6.18 Å². The van der Waals surface area contributed by atoms with Gasteiger partial charge in [-0.3, -0.25) is 0 Å². The molecule has 0 saturated carbocycles. The van der Waals surface area contributed by atoms with Gasteiger partial charge in [0.1, 0.15) is 0 Å². The Labute approximate surface area is 108 Å². The monoisotopic (exact) mass is 301 g/mol. The summed E-state index contributed by atoms with van der Waals surface area (Å²) < 4.78 is 63.0. The number of benzene rings is 1. The van der Waals surface area contributed by atoms with Crippen LogP contribution in [0, 0.1) is 0 Å². The van der Waals surface area contributed by atoms with Crippen LogP contribution in [0.15, 0.2) is 23.1 Å². The zero-order chi connectivity index (χ0) is 14.1. The Morgan fingerprint density at radius 2 is 1.83 bits per heavy atom. The van der Waals surface area contributed by atoms with Crippen LogP contribution in [0.4, 0.5) is 13.2 Å². The zero-order valence-electron chi connectivity index (χ0n) is 9.55. The van der Waals surface area contributed by atoms with Crippen LogP contribution in [0.25, 0.3) is 0 Å². The van der Waals surface area contributed by atoms with Crippen molar-refractivity contribution in [1.82, 2.24) is 4.72 Å². The summed E-state index contributed by atoms with van der Waals surface area (Å²) in [5.41, 5.74) is -1.06. The molecule has 0 aromatic heterocycles. The number of hydrogen-bond donors (Lipinski definition) is 1. The molecule has 1 rings (SSSR count). The van der Waals surface area contributed by atoms with Gasteiger partial charge in [0.2, 0.25) is 10.0 Å². The molecule has 0 heterocycles. The van der Waals surface area contributed by atoms with Gasteiger partial charge in [-0.1, -0.05) is 11.6 Å². The Kier molecular flexibility index (Phi) is 4.30. The van der Waals surface area contributed by atoms with Crippen molar-refractivity contribution in [2.24, 2.45) is 0 Å². The summed E-state index contributed by atoms with van der Waals surface area (Å²) in [4.78, 5) is -0.297. The van der Waals surface area contributed by atoms with Gasteiger partial charge in [0, 0.05) is 6.04 Å². The molecule has 102 valence electrons. The molecule has 0 atom stereocenters. The predicted octanol–water partition coefficient (Wildman–Crippen LogP) is 3.05. The summed E-state index contributed by atoms with van der Waals surface area (Å²) >= 11 is 5.44. The van der Waals surface area contributed by atoms with Crippen molar-refractivity contribution >= 4 is 21.6 Å².